The van der Waals surface area contributed by atoms with Crippen molar-refractivity contribution in [1.82, 2.24) is 5.32 Å². The second-order valence-corrected chi connectivity index (χ2v) is 3.56. The Hall–Kier alpha value is -1.29. The summed E-state index contributed by atoms with van der Waals surface area (Å²) in [6, 6.07) is 4.56. The van der Waals surface area contributed by atoms with Crippen molar-refractivity contribution in [2.75, 3.05) is 13.0 Å². The van der Waals surface area contributed by atoms with Gasteiger partial charge in [0.05, 0.1) is 7.11 Å². The number of halogens is 2. The average molecular weight is 246 g/mol. The summed E-state index contributed by atoms with van der Waals surface area (Å²) in [6.07, 6.45) is 0.264. The number of benzene rings is 1. The van der Waals surface area contributed by atoms with Crippen molar-refractivity contribution in [3.05, 3.63) is 29.6 Å². The Balaban J connectivity index is 2.55. The fourth-order valence-corrected chi connectivity index (χ4v) is 1.37. The summed E-state index contributed by atoms with van der Waals surface area (Å²) >= 11 is 5.41. The Labute approximate surface area is 98.5 Å². The highest BCUT2D eigenvalue weighted by atomic mass is 35.5. The lowest BCUT2D eigenvalue weighted by Gasteiger charge is -2.06. The Morgan fingerprint density at radius 3 is 2.88 bits per heavy atom. The molecule has 0 aliphatic rings. The van der Waals surface area contributed by atoms with Crippen molar-refractivity contribution in [2.45, 2.75) is 13.0 Å². The molecule has 0 spiro atoms. The Morgan fingerprint density at radius 2 is 2.31 bits per heavy atom. The molecule has 16 heavy (non-hydrogen) atoms. The molecule has 0 radical (unpaired) electrons. The molecule has 88 valence electrons. The molecule has 0 atom stereocenters. The number of nitrogens with one attached hydrogen (secondary N) is 1. The van der Waals surface area contributed by atoms with E-state index in [2.05, 4.69) is 5.32 Å². The summed E-state index contributed by atoms with van der Waals surface area (Å²) in [5.74, 6) is -0.114. The van der Waals surface area contributed by atoms with Crippen LogP contribution in [0.25, 0.3) is 0 Å². The highest BCUT2D eigenvalue weighted by molar-refractivity contribution is 6.18. The van der Waals surface area contributed by atoms with Gasteiger partial charge in [-0.3, -0.25) is 4.79 Å². The van der Waals surface area contributed by atoms with Gasteiger partial charge in [-0.05, 0) is 17.7 Å². The summed E-state index contributed by atoms with van der Waals surface area (Å²) in [4.78, 5) is 11.1. The molecule has 0 unspecified atom stereocenters. The summed E-state index contributed by atoms with van der Waals surface area (Å²) in [6.45, 7) is 0.288. The van der Waals surface area contributed by atoms with Crippen LogP contribution in [0.2, 0.25) is 0 Å². The number of amides is 1. The predicted molar refractivity (Wildman–Crippen MR) is 60.1 cm³/mol. The smallest absolute Gasteiger partial charge is 0.221 e. The van der Waals surface area contributed by atoms with Crippen LogP contribution in [0, 0.1) is 5.82 Å². The number of hydrogen-bond acceptors (Lipinski definition) is 2. The number of methoxy groups -OCH3 is 1. The first-order valence-corrected chi connectivity index (χ1v) is 5.36. The molecule has 0 aliphatic carbocycles. The zero-order chi connectivity index (χ0) is 12.0. The van der Waals surface area contributed by atoms with Gasteiger partial charge in [0.2, 0.25) is 5.91 Å². The molecule has 0 saturated heterocycles. The van der Waals surface area contributed by atoms with Crippen molar-refractivity contribution in [3.63, 3.8) is 0 Å². The number of rotatable bonds is 5. The van der Waals surface area contributed by atoms with E-state index in [0.717, 1.165) is 0 Å². The van der Waals surface area contributed by atoms with E-state index in [1.807, 2.05) is 0 Å². The van der Waals surface area contributed by atoms with Gasteiger partial charge in [0, 0.05) is 18.8 Å². The van der Waals surface area contributed by atoms with Crippen LogP contribution in [0.4, 0.5) is 4.39 Å². The molecule has 0 bridgehead atoms. The maximum Gasteiger partial charge on any atom is 0.221 e. The van der Waals surface area contributed by atoms with E-state index < -0.39 is 5.82 Å². The van der Waals surface area contributed by atoms with Gasteiger partial charge in [-0.15, -0.1) is 11.6 Å². The molecule has 3 nitrogen and oxygen atoms in total. The minimum Gasteiger partial charge on any atom is -0.494 e. The van der Waals surface area contributed by atoms with Crippen LogP contribution in [0.3, 0.4) is 0 Å². The first-order chi connectivity index (χ1) is 7.67. The predicted octanol–water partition coefficient (Wildman–Crippen LogP) is 2.08. The molecule has 0 saturated carbocycles. The highest BCUT2D eigenvalue weighted by Gasteiger charge is 2.04. The van der Waals surface area contributed by atoms with E-state index >= 15 is 0 Å². The molecule has 1 aromatic rings. The third kappa shape index (κ3) is 3.70. The topological polar surface area (TPSA) is 38.3 Å². The summed E-state index contributed by atoms with van der Waals surface area (Å²) in [5.41, 5.74) is 0.682. The van der Waals surface area contributed by atoms with Crippen LogP contribution in [-0.4, -0.2) is 18.9 Å². The second kappa shape index (κ2) is 6.33. The standard InChI is InChI=1S/C11H13ClFNO2/c1-16-10-3-2-8(6-9(10)13)7-14-11(15)4-5-12/h2-3,6H,4-5,7H2,1H3,(H,14,15). The van der Waals surface area contributed by atoms with Crippen molar-refractivity contribution in [1.29, 1.82) is 0 Å². The second-order valence-electron chi connectivity index (χ2n) is 3.18. The van der Waals surface area contributed by atoms with Gasteiger partial charge in [-0.1, -0.05) is 6.07 Å². The lowest BCUT2D eigenvalue weighted by Crippen LogP contribution is -2.22. The van der Waals surface area contributed by atoms with E-state index in [4.69, 9.17) is 16.3 Å². The van der Waals surface area contributed by atoms with Crippen LogP contribution < -0.4 is 10.1 Å². The zero-order valence-electron chi connectivity index (χ0n) is 8.93. The maximum atomic E-state index is 13.3. The van der Waals surface area contributed by atoms with E-state index in [-0.39, 0.29) is 30.5 Å². The normalized spacial score (nSPS) is 9.94. The maximum absolute atomic E-state index is 13.3. The molecule has 0 fully saturated rings. The number of alkyl halides is 1. The zero-order valence-corrected chi connectivity index (χ0v) is 9.68. The molecule has 0 aliphatic heterocycles. The Morgan fingerprint density at radius 1 is 1.56 bits per heavy atom. The summed E-state index contributed by atoms with van der Waals surface area (Å²) < 4.78 is 18.0. The molecule has 5 heteroatoms. The van der Waals surface area contributed by atoms with Crippen molar-refractivity contribution >= 4 is 17.5 Å². The number of carbonyl (C=O) groups is 1. The molecular formula is C11H13ClFNO2. The van der Waals surface area contributed by atoms with Gasteiger partial charge in [0.15, 0.2) is 11.6 Å². The van der Waals surface area contributed by atoms with Gasteiger partial charge < -0.3 is 10.1 Å². The van der Waals surface area contributed by atoms with Gasteiger partial charge in [-0.25, -0.2) is 4.39 Å². The van der Waals surface area contributed by atoms with Crippen LogP contribution >= 0.6 is 11.6 Å². The molecule has 1 amide bonds. The van der Waals surface area contributed by atoms with Crippen LogP contribution in [0.1, 0.15) is 12.0 Å². The van der Waals surface area contributed by atoms with E-state index in [9.17, 15) is 9.18 Å². The molecule has 0 heterocycles. The molecular weight excluding hydrogens is 233 g/mol. The van der Waals surface area contributed by atoms with Crippen LogP contribution in [0.5, 0.6) is 5.75 Å². The SMILES string of the molecule is COc1ccc(CNC(=O)CCCl)cc1F. The first-order valence-electron chi connectivity index (χ1n) is 4.82. The van der Waals surface area contributed by atoms with Gasteiger partial charge in [0.25, 0.3) is 0 Å². The molecule has 1 N–H and O–H groups in total. The number of ether oxygens (including phenoxy) is 1. The van der Waals surface area contributed by atoms with Crippen molar-refractivity contribution in [3.8, 4) is 5.75 Å². The summed E-state index contributed by atoms with van der Waals surface area (Å²) in [5, 5.41) is 2.63. The third-order valence-electron chi connectivity index (χ3n) is 2.03. The minimum atomic E-state index is -0.438. The van der Waals surface area contributed by atoms with Gasteiger partial charge in [0.1, 0.15) is 0 Å². The van der Waals surface area contributed by atoms with E-state index in [0.29, 0.717) is 5.56 Å². The monoisotopic (exact) mass is 245 g/mol. The lowest BCUT2D eigenvalue weighted by atomic mass is 10.2. The third-order valence-corrected chi connectivity index (χ3v) is 2.22. The average Bonchev–Trinajstić information content (AvgIpc) is 2.27. The number of carbonyl (C=O) groups excluding carboxylic acids is 1. The highest BCUT2D eigenvalue weighted by Crippen LogP contribution is 2.17. The Bertz CT molecular complexity index is 371. The van der Waals surface area contributed by atoms with Crippen LogP contribution in [-0.2, 0) is 11.3 Å². The largest absolute Gasteiger partial charge is 0.494 e. The minimum absolute atomic E-state index is 0.147. The van der Waals surface area contributed by atoms with Gasteiger partial charge >= 0.3 is 0 Å². The number of hydrogen-bond donors (Lipinski definition) is 1. The molecule has 0 aromatic heterocycles. The van der Waals surface area contributed by atoms with Crippen molar-refractivity contribution < 1.29 is 13.9 Å². The first kappa shape index (κ1) is 12.8. The fourth-order valence-electron chi connectivity index (χ4n) is 1.19. The van der Waals surface area contributed by atoms with Crippen molar-refractivity contribution in [2.24, 2.45) is 0 Å². The quantitative estimate of drug-likeness (QED) is 0.807. The van der Waals surface area contributed by atoms with Crippen LogP contribution in [0.15, 0.2) is 18.2 Å². The molecule has 1 rings (SSSR count). The van der Waals surface area contributed by atoms with Gasteiger partial charge in [-0.2, -0.15) is 0 Å². The fraction of sp³-hybridized carbons (Fsp3) is 0.364. The van der Waals surface area contributed by atoms with E-state index in [1.54, 1.807) is 6.07 Å². The summed E-state index contributed by atoms with van der Waals surface area (Å²) in [7, 11) is 1.40. The molecule has 1 aromatic carbocycles. The Kier molecular flexibility index (Phi) is 5.05. The lowest BCUT2D eigenvalue weighted by molar-refractivity contribution is -0.120. The van der Waals surface area contributed by atoms with E-state index in [1.165, 1.54) is 19.2 Å².